The molecule has 0 bridgehead atoms. The average molecular weight is 475 g/mol. The van der Waals surface area contributed by atoms with E-state index in [1.54, 1.807) is 17.0 Å². The number of benzene rings is 2. The molecule has 0 radical (unpaired) electrons. The number of carbonyl (C=O) groups is 3. The third-order valence-corrected chi connectivity index (χ3v) is 7.47. The van der Waals surface area contributed by atoms with E-state index < -0.39 is 27.1 Å². The van der Waals surface area contributed by atoms with Crippen LogP contribution in [0.1, 0.15) is 12.8 Å². The van der Waals surface area contributed by atoms with Gasteiger partial charge in [-0.15, -0.1) is 11.8 Å². The maximum absolute atomic E-state index is 13.2. The standard InChI is InChI=1S/C21H22N4O5S2/c22-32(29,30)15-9-7-14(8-10-15)23-18(26)13-25-16-5-1-2-6-17(16)31-19(21(25)28)20(27)24-11-3-4-12-24/h1-2,5-10,19H,3-4,11-13H2,(H,23,26)(H2,22,29,30). The van der Waals surface area contributed by atoms with Crippen molar-refractivity contribution in [2.45, 2.75) is 27.9 Å². The lowest BCUT2D eigenvalue weighted by atomic mass is 10.2. The van der Waals surface area contributed by atoms with Gasteiger partial charge < -0.3 is 15.1 Å². The van der Waals surface area contributed by atoms with Gasteiger partial charge in [-0.2, -0.15) is 0 Å². The van der Waals surface area contributed by atoms with Gasteiger partial charge in [0.15, 0.2) is 5.25 Å². The first-order valence-corrected chi connectivity index (χ1v) is 12.5. The molecule has 1 saturated heterocycles. The number of nitrogens with one attached hydrogen (secondary N) is 1. The fourth-order valence-electron chi connectivity index (χ4n) is 3.71. The second-order valence-electron chi connectivity index (χ2n) is 7.54. The highest BCUT2D eigenvalue weighted by Gasteiger charge is 2.41. The predicted octanol–water partition coefficient (Wildman–Crippen LogP) is 1.40. The number of anilines is 2. The molecule has 2 aromatic carbocycles. The molecule has 0 aromatic heterocycles. The van der Waals surface area contributed by atoms with Crippen LogP contribution >= 0.6 is 11.8 Å². The van der Waals surface area contributed by atoms with Gasteiger partial charge in [0.05, 0.1) is 10.6 Å². The molecule has 1 unspecified atom stereocenters. The van der Waals surface area contributed by atoms with Gasteiger partial charge in [0.2, 0.25) is 21.8 Å². The molecule has 3 amide bonds. The summed E-state index contributed by atoms with van der Waals surface area (Å²) in [6.07, 6.45) is 1.84. The zero-order valence-electron chi connectivity index (χ0n) is 17.1. The molecule has 2 aliphatic heterocycles. The summed E-state index contributed by atoms with van der Waals surface area (Å²) in [5.41, 5.74) is 0.937. The third kappa shape index (κ3) is 4.64. The lowest BCUT2D eigenvalue weighted by Gasteiger charge is -2.34. The van der Waals surface area contributed by atoms with Gasteiger partial charge in [0.25, 0.3) is 5.91 Å². The van der Waals surface area contributed by atoms with Crippen molar-refractivity contribution in [2.24, 2.45) is 5.14 Å². The maximum atomic E-state index is 13.2. The number of sulfonamides is 1. The highest BCUT2D eigenvalue weighted by Crippen LogP contribution is 2.40. The van der Waals surface area contributed by atoms with E-state index in [1.807, 2.05) is 12.1 Å². The Kier molecular flexibility index (Phi) is 6.22. The molecule has 2 heterocycles. The quantitative estimate of drug-likeness (QED) is 0.630. The smallest absolute Gasteiger partial charge is 0.250 e. The van der Waals surface area contributed by atoms with Crippen molar-refractivity contribution < 1.29 is 22.8 Å². The van der Waals surface area contributed by atoms with E-state index in [-0.39, 0.29) is 17.3 Å². The summed E-state index contributed by atoms with van der Waals surface area (Å²) in [6, 6.07) is 12.6. The summed E-state index contributed by atoms with van der Waals surface area (Å²) in [7, 11) is -3.84. The van der Waals surface area contributed by atoms with Crippen molar-refractivity contribution in [1.82, 2.24) is 4.90 Å². The number of nitrogens with zero attached hydrogens (tertiary/aromatic N) is 2. The van der Waals surface area contributed by atoms with Crippen molar-refractivity contribution in [3.63, 3.8) is 0 Å². The van der Waals surface area contributed by atoms with Crippen molar-refractivity contribution in [3.05, 3.63) is 48.5 Å². The number of hydrogen-bond donors (Lipinski definition) is 2. The van der Waals surface area contributed by atoms with Gasteiger partial charge in [-0.3, -0.25) is 14.4 Å². The van der Waals surface area contributed by atoms with E-state index in [0.717, 1.165) is 17.7 Å². The Balaban J connectivity index is 1.52. The summed E-state index contributed by atoms with van der Waals surface area (Å²) in [5, 5.41) is 6.80. The Morgan fingerprint density at radius 2 is 1.72 bits per heavy atom. The Morgan fingerprint density at radius 3 is 2.38 bits per heavy atom. The topological polar surface area (TPSA) is 130 Å². The van der Waals surface area contributed by atoms with E-state index in [0.29, 0.717) is 24.5 Å². The summed E-state index contributed by atoms with van der Waals surface area (Å²) < 4.78 is 22.8. The largest absolute Gasteiger partial charge is 0.341 e. The fourth-order valence-corrected chi connectivity index (χ4v) is 5.42. The first-order valence-electron chi connectivity index (χ1n) is 10.0. The number of amides is 3. The lowest BCUT2D eigenvalue weighted by Crippen LogP contribution is -2.51. The van der Waals surface area contributed by atoms with Gasteiger partial charge in [-0.05, 0) is 49.2 Å². The molecule has 2 aliphatic rings. The van der Waals surface area contributed by atoms with E-state index in [2.05, 4.69) is 5.32 Å². The SMILES string of the molecule is NS(=O)(=O)c1ccc(NC(=O)CN2C(=O)C(C(=O)N3CCCC3)Sc3ccccc32)cc1. The number of carbonyl (C=O) groups excluding carboxylic acids is 3. The van der Waals surface area contributed by atoms with Crippen molar-refractivity contribution in [3.8, 4) is 0 Å². The number of fused-ring (bicyclic) bond motifs is 1. The second-order valence-corrected chi connectivity index (χ2v) is 10.2. The molecule has 0 saturated carbocycles. The molecule has 3 N–H and O–H groups in total. The minimum absolute atomic E-state index is 0.0732. The third-order valence-electron chi connectivity index (χ3n) is 5.30. The molecule has 0 aliphatic carbocycles. The first-order chi connectivity index (χ1) is 15.2. The van der Waals surface area contributed by atoms with Crippen LogP contribution in [0.3, 0.4) is 0 Å². The van der Waals surface area contributed by atoms with Crippen LogP contribution in [0.25, 0.3) is 0 Å². The number of rotatable bonds is 5. The molecule has 32 heavy (non-hydrogen) atoms. The zero-order valence-corrected chi connectivity index (χ0v) is 18.7. The predicted molar refractivity (Wildman–Crippen MR) is 121 cm³/mol. The number of hydrogen-bond acceptors (Lipinski definition) is 6. The Hall–Kier alpha value is -2.89. The van der Waals surface area contributed by atoms with Gasteiger partial charge in [-0.1, -0.05) is 12.1 Å². The van der Waals surface area contributed by atoms with E-state index >= 15 is 0 Å². The number of nitrogens with two attached hydrogens (primary N) is 1. The molecular formula is C21H22N4O5S2. The summed E-state index contributed by atoms with van der Waals surface area (Å²) in [6.45, 7) is 0.997. The van der Waals surface area contributed by atoms with Crippen molar-refractivity contribution in [1.29, 1.82) is 0 Å². The lowest BCUT2D eigenvalue weighted by molar-refractivity contribution is -0.134. The molecule has 1 fully saturated rings. The van der Waals surface area contributed by atoms with Crippen LogP contribution in [-0.2, 0) is 24.4 Å². The molecule has 168 valence electrons. The molecule has 11 heteroatoms. The van der Waals surface area contributed by atoms with Crippen LogP contribution in [0.5, 0.6) is 0 Å². The van der Waals surface area contributed by atoms with Gasteiger partial charge in [0, 0.05) is 23.7 Å². The van der Waals surface area contributed by atoms with Crippen molar-refractivity contribution >= 4 is 50.9 Å². The van der Waals surface area contributed by atoms with Gasteiger partial charge in [0.1, 0.15) is 6.54 Å². The Morgan fingerprint density at radius 1 is 1.06 bits per heavy atom. The summed E-state index contributed by atoms with van der Waals surface area (Å²) >= 11 is 1.22. The Labute approximate surface area is 190 Å². The molecule has 0 spiro atoms. The first kappa shape index (κ1) is 22.3. The van der Waals surface area contributed by atoms with Gasteiger partial charge in [-0.25, -0.2) is 13.6 Å². The molecule has 1 atom stereocenters. The molecular weight excluding hydrogens is 452 g/mol. The number of likely N-dealkylation sites (tertiary alicyclic amines) is 1. The second kappa shape index (κ2) is 8.93. The number of para-hydroxylation sites is 1. The number of thioether (sulfide) groups is 1. The highest BCUT2D eigenvalue weighted by atomic mass is 32.2. The zero-order chi connectivity index (χ0) is 22.9. The van der Waals surface area contributed by atoms with Crippen LogP contribution in [-0.4, -0.2) is 55.9 Å². The van der Waals surface area contributed by atoms with Crippen molar-refractivity contribution in [2.75, 3.05) is 29.9 Å². The van der Waals surface area contributed by atoms with Gasteiger partial charge >= 0.3 is 0 Å². The van der Waals surface area contributed by atoms with Crippen LogP contribution in [0.15, 0.2) is 58.3 Å². The average Bonchev–Trinajstić information content (AvgIpc) is 3.30. The van der Waals surface area contributed by atoms with Crippen LogP contribution in [0.4, 0.5) is 11.4 Å². The molecule has 2 aromatic rings. The fraction of sp³-hybridized carbons (Fsp3) is 0.286. The highest BCUT2D eigenvalue weighted by molar-refractivity contribution is 8.01. The van der Waals surface area contributed by atoms with E-state index in [1.165, 1.54) is 40.9 Å². The molecule has 9 nitrogen and oxygen atoms in total. The van der Waals surface area contributed by atoms with Crippen LogP contribution in [0.2, 0.25) is 0 Å². The number of primary sulfonamides is 1. The Bertz CT molecular complexity index is 1160. The maximum Gasteiger partial charge on any atom is 0.250 e. The van der Waals surface area contributed by atoms with E-state index in [4.69, 9.17) is 5.14 Å². The monoisotopic (exact) mass is 474 g/mol. The minimum atomic E-state index is -3.84. The normalized spacial score (nSPS) is 18.4. The molecule has 4 rings (SSSR count). The summed E-state index contributed by atoms with van der Waals surface area (Å²) in [5.74, 6) is -1.13. The van der Waals surface area contributed by atoms with E-state index in [9.17, 15) is 22.8 Å². The van der Waals surface area contributed by atoms with Crippen LogP contribution < -0.4 is 15.4 Å². The minimum Gasteiger partial charge on any atom is -0.341 e. The van der Waals surface area contributed by atoms with Crippen LogP contribution in [0, 0.1) is 0 Å². The summed E-state index contributed by atoms with van der Waals surface area (Å²) in [4.78, 5) is 42.6.